The molecular weight excluding hydrogens is 523 g/mol. The number of rotatable bonds is 3. The van der Waals surface area contributed by atoms with Gasteiger partial charge in [-0.25, -0.2) is 0 Å². The maximum atomic E-state index is 4.53. The third kappa shape index (κ3) is 3.88. The van der Waals surface area contributed by atoms with E-state index in [1.807, 2.05) is 35.1 Å². The first-order chi connectivity index (χ1) is 13.0. The van der Waals surface area contributed by atoms with Crippen LogP contribution in [-0.4, -0.2) is 9.78 Å². The second-order valence-corrected chi connectivity index (χ2v) is 7.24. The molecule has 3 aromatic carbocycles. The fourth-order valence-corrected chi connectivity index (χ4v) is 3.88. The fourth-order valence-electron chi connectivity index (χ4n) is 3.88. The third-order valence-corrected chi connectivity index (χ3v) is 4.91. The van der Waals surface area contributed by atoms with Crippen molar-refractivity contribution in [1.29, 1.82) is 0 Å². The van der Waals surface area contributed by atoms with Crippen LogP contribution in [-0.2, 0) is 21.1 Å². The zero-order chi connectivity index (χ0) is 19.0. The quantitative estimate of drug-likeness (QED) is 0.279. The van der Waals surface area contributed by atoms with Gasteiger partial charge in [-0.05, 0) is 61.7 Å². The standard InChI is InChI=1S/C25H23N2.Pt/c1-17-12-18(2)14-21(13-17)22-15-19(3)25(20(4)16-22)24-10-11-26-27(24)23-8-6-5-7-9-23;/h5-8,10-16H,1-4H3;/q-1;. The number of nitrogens with zero attached hydrogens (tertiary/aromatic N) is 2. The molecule has 0 unspecified atom stereocenters. The van der Waals surface area contributed by atoms with E-state index in [1.54, 1.807) is 0 Å². The predicted molar refractivity (Wildman–Crippen MR) is 112 cm³/mol. The zero-order valence-electron chi connectivity index (χ0n) is 16.6. The molecule has 3 heteroatoms. The number of hydrogen-bond acceptors (Lipinski definition) is 1. The molecule has 4 rings (SSSR count). The Morgan fingerprint density at radius 1 is 0.786 bits per heavy atom. The molecule has 0 spiro atoms. The van der Waals surface area contributed by atoms with Crippen LogP contribution in [0.2, 0.25) is 0 Å². The SMILES string of the molecule is Cc1cc(C)cc(-c2cc(C)c(-c3ccnn3-c3[c-]cccc3)c(C)c2)c1.[Pt]. The molecule has 1 heterocycles. The normalized spacial score (nSPS) is 10.6. The van der Waals surface area contributed by atoms with Crippen LogP contribution < -0.4 is 0 Å². The largest absolute Gasteiger partial charge is 0.258 e. The minimum Gasteiger partial charge on any atom is -0.258 e. The van der Waals surface area contributed by atoms with Crippen molar-refractivity contribution in [3.05, 3.63) is 95.2 Å². The van der Waals surface area contributed by atoms with Gasteiger partial charge < -0.3 is 0 Å². The summed E-state index contributed by atoms with van der Waals surface area (Å²) in [7, 11) is 0. The summed E-state index contributed by atoms with van der Waals surface area (Å²) in [6.07, 6.45) is 1.85. The zero-order valence-corrected chi connectivity index (χ0v) is 18.8. The number of aryl methyl sites for hydroxylation is 4. The van der Waals surface area contributed by atoms with Gasteiger partial charge in [0.05, 0.1) is 5.69 Å². The Morgan fingerprint density at radius 2 is 1.43 bits per heavy atom. The summed E-state index contributed by atoms with van der Waals surface area (Å²) in [5, 5.41) is 4.53. The first-order valence-corrected chi connectivity index (χ1v) is 9.24. The van der Waals surface area contributed by atoms with E-state index in [2.05, 4.69) is 75.3 Å². The van der Waals surface area contributed by atoms with E-state index in [4.69, 9.17) is 0 Å². The Kier molecular flexibility index (Phi) is 6.01. The van der Waals surface area contributed by atoms with Crippen molar-refractivity contribution in [1.82, 2.24) is 9.78 Å². The van der Waals surface area contributed by atoms with Crippen LogP contribution >= 0.6 is 0 Å². The van der Waals surface area contributed by atoms with E-state index in [-0.39, 0.29) is 21.1 Å². The van der Waals surface area contributed by atoms with Gasteiger partial charge in [-0.3, -0.25) is 4.68 Å². The van der Waals surface area contributed by atoms with Crippen molar-refractivity contribution in [2.24, 2.45) is 0 Å². The molecule has 0 atom stereocenters. The molecular formula is C25H23N2Pt-. The average Bonchev–Trinajstić information content (AvgIpc) is 3.10. The molecule has 144 valence electrons. The Hall–Kier alpha value is -2.44. The second-order valence-electron chi connectivity index (χ2n) is 7.24. The van der Waals surface area contributed by atoms with Crippen LogP contribution in [0, 0.1) is 33.8 Å². The van der Waals surface area contributed by atoms with Gasteiger partial charge in [0.15, 0.2) is 0 Å². The van der Waals surface area contributed by atoms with Gasteiger partial charge in [-0.15, -0.1) is 6.07 Å². The summed E-state index contributed by atoms with van der Waals surface area (Å²) in [5.41, 5.74) is 10.9. The molecule has 4 aromatic rings. The molecule has 0 N–H and O–H groups in total. The van der Waals surface area contributed by atoms with Crippen molar-refractivity contribution in [2.45, 2.75) is 27.7 Å². The number of benzene rings is 3. The van der Waals surface area contributed by atoms with Crippen LogP contribution in [0.15, 0.2) is 66.9 Å². The van der Waals surface area contributed by atoms with E-state index >= 15 is 0 Å². The summed E-state index contributed by atoms with van der Waals surface area (Å²) in [4.78, 5) is 0. The van der Waals surface area contributed by atoms with Crippen LogP contribution in [0.1, 0.15) is 22.3 Å². The van der Waals surface area contributed by atoms with Gasteiger partial charge >= 0.3 is 0 Å². The molecule has 0 bridgehead atoms. The predicted octanol–water partition coefficient (Wildman–Crippen LogP) is 6.24. The van der Waals surface area contributed by atoms with Crippen LogP contribution in [0.4, 0.5) is 0 Å². The first-order valence-electron chi connectivity index (χ1n) is 9.24. The Labute approximate surface area is 181 Å². The van der Waals surface area contributed by atoms with Crippen LogP contribution in [0.3, 0.4) is 0 Å². The van der Waals surface area contributed by atoms with E-state index in [9.17, 15) is 0 Å². The molecule has 0 fully saturated rings. The molecule has 28 heavy (non-hydrogen) atoms. The summed E-state index contributed by atoms with van der Waals surface area (Å²) in [6.45, 7) is 8.67. The topological polar surface area (TPSA) is 17.8 Å². The van der Waals surface area contributed by atoms with Crippen LogP contribution in [0.5, 0.6) is 0 Å². The molecule has 0 saturated carbocycles. The monoisotopic (exact) mass is 546 g/mol. The van der Waals surface area contributed by atoms with Crippen molar-refractivity contribution in [3.63, 3.8) is 0 Å². The molecule has 0 aliphatic carbocycles. The van der Waals surface area contributed by atoms with Crippen LogP contribution in [0.25, 0.3) is 28.1 Å². The third-order valence-electron chi connectivity index (χ3n) is 4.91. The summed E-state index contributed by atoms with van der Waals surface area (Å²) in [5.74, 6) is 0. The molecule has 1 aromatic heterocycles. The minimum absolute atomic E-state index is 0. The van der Waals surface area contributed by atoms with E-state index < -0.39 is 0 Å². The van der Waals surface area contributed by atoms with Gasteiger partial charge in [0.2, 0.25) is 0 Å². The molecule has 2 nitrogen and oxygen atoms in total. The smallest absolute Gasteiger partial charge is 0.0721 e. The number of aromatic nitrogens is 2. The Balaban J connectivity index is 0.00000225. The average molecular weight is 547 g/mol. The van der Waals surface area contributed by atoms with Gasteiger partial charge in [0, 0.05) is 32.8 Å². The second kappa shape index (κ2) is 8.29. The first kappa shape index (κ1) is 20.3. The van der Waals surface area contributed by atoms with Crippen molar-refractivity contribution < 1.29 is 21.1 Å². The van der Waals surface area contributed by atoms with Gasteiger partial charge in [0.25, 0.3) is 0 Å². The Morgan fingerprint density at radius 3 is 2.04 bits per heavy atom. The molecule has 0 saturated heterocycles. The Bertz CT molecular complexity index is 1070. The maximum absolute atomic E-state index is 4.53. The number of hydrogen-bond donors (Lipinski definition) is 0. The number of para-hydroxylation sites is 1. The van der Waals surface area contributed by atoms with Gasteiger partial charge in [-0.2, -0.15) is 29.4 Å². The molecule has 0 amide bonds. The summed E-state index contributed by atoms with van der Waals surface area (Å²) < 4.78 is 1.96. The summed E-state index contributed by atoms with van der Waals surface area (Å²) >= 11 is 0. The summed E-state index contributed by atoms with van der Waals surface area (Å²) in [6, 6.07) is 24.6. The molecule has 0 radical (unpaired) electrons. The van der Waals surface area contributed by atoms with Crippen molar-refractivity contribution in [2.75, 3.05) is 0 Å². The van der Waals surface area contributed by atoms with Crippen molar-refractivity contribution >= 4 is 0 Å². The van der Waals surface area contributed by atoms with Gasteiger partial charge in [0.1, 0.15) is 0 Å². The molecule has 0 aliphatic heterocycles. The maximum Gasteiger partial charge on any atom is 0.0721 e. The van der Waals surface area contributed by atoms with E-state index in [1.165, 1.54) is 38.9 Å². The van der Waals surface area contributed by atoms with E-state index in [0.29, 0.717) is 0 Å². The van der Waals surface area contributed by atoms with Gasteiger partial charge in [-0.1, -0.05) is 41.5 Å². The van der Waals surface area contributed by atoms with E-state index in [0.717, 1.165) is 11.4 Å². The minimum atomic E-state index is 0. The molecule has 0 aliphatic rings. The van der Waals surface area contributed by atoms with Crippen molar-refractivity contribution in [3.8, 4) is 28.1 Å². The fraction of sp³-hybridized carbons (Fsp3) is 0.160.